The summed E-state index contributed by atoms with van der Waals surface area (Å²) < 4.78 is 5.47. The number of rotatable bonds is 2. The summed E-state index contributed by atoms with van der Waals surface area (Å²) >= 11 is 0. The van der Waals surface area contributed by atoms with E-state index in [4.69, 9.17) is 10.5 Å². The van der Waals surface area contributed by atoms with Crippen molar-refractivity contribution in [3.8, 4) is 0 Å². The van der Waals surface area contributed by atoms with Crippen molar-refractivity contribution in [2.45, 2.75) is 19.4 Å². The molecule has 1 atom stereocenters. The molecule has 0 aromatic heterocycles. The molecule has 0 saturated carbocycles. The molecular weight excluding hydrogens is 262 g/mol. The predicted octanol–water partition coefficient (Wildman–Crippen LogP) is 1.43. The quantitative estimate of drug-likeness (QED) is 0.501. The summed E-state index contributed by atoms with van der Waals surface area (Å²) in [4.78, 5) is 24.5. The van der Waals surface area contributed by atoms with Crippen LogP contribution in [0.15, 0.2) is 18.2 Å². The summed E-state index contributed by atoms with van der Waals surface area (Å²) in [6.07, 6.45) is 0.633. The Morgan fingerprint density at radius 3 is 3.00 bits per heavy atom. The second-order valence-corrected chi connectivity index (χ2v) is 4.82. The van der Waals surface area contributed by atoms with E-state index in [1.807, 2.05) is 6.92 Å². The van der Waals surface area contributed by atoms with Crippen molar-refractivity contribution in [3.05, 3.63) is 33.9 Å². The molecule has 7 heteroatoms. The molecule has 1 aromatic rings. The van der Waals surface area contributed by atoms with Gasteiger partial charge in [-0.1, -0.05) is 0 Å². The van der Waals surface area contributed by atoms with Gasteiger partial charge in [0, 0.05) is 31.5 Å². The maximum absolute atomic E-state index is 12.5. The summed E-state index contributed by atoms with van der Waals surface area (Å²) in [6.45, 7) is 3.41. The van der Waals surface area contributed by atoms with Crippen LogP contribution in [0.2, 0.25) is 0 Å². The van der Waals surface area contributed by atoms with E-state index in [0.717, 1.165) is 0 Å². The number of carbonyl (C=O) groups is 1. The van der Waals surface area contributed by atoms with E-state index in [0.29, 0.717) is 31.8 Å². The van der Waals surface area contributed by atoms with Crippen molar-refractivity contribution in [1.82, 2.24) is 4.90 Å². The van der Waals surface area contributed by atoms with E-state index >= 15 is 0 Å². The molecule has 20 heavy (non-hydrogen) atoms. The topological polar surface area (TPSA) is 98.7 Å². The Labute approximate surface area is 116 Å². The van der Waals surface area contributed by atoms with Gasteiger partial charge >= 0.3 is 0 Å². The minimum Gasteiger partial charge on any atom is -0.399 e. The normalized spacial score (nSPS) is 19.4. The monoisotopic (exact) mass is 279 g/mol. The first-order chi connectivity index (χ1) is 9.49. The van der Waals surface area contributed by atoms with Crippen molar-refractivity contribution >= 4 is 17.3 Å². The Bertz CT molecular complexity index is 532. The van der Waals surface area contributed by atoms with Gasteiger partial charge in [-0.2, -0.15) is 0 Å². The molecule has 0 radical (unpaired) electrons. The highest BCUT2D eigenvalue weighted by molar-refractivity contribution is 5.99. The molecule has 0 spiro atoms. The highest BCUT2D eigenvalue weighted by Gasteiger charge is 2.27. The smallest absolute Gasteiger partial charge is 0.282 e. The molecule has 1 saturated heterocycles. The zero-order chi connectivity index (χ0) is 14.7. The minimum absolute atomic E-state index is 0.0316. The average Bonchev–Trinajstić information content (AvgIpc) is 2.62. The van der Waals surface area contributed by atoms with Gasteiger partial charge in [-0.3, -0.25) is 14.9 Å². The number of nitro groups is 1. The molecule has 0 aliphatic carbocycles. The largest absolute Gasteiger partial charge is 0.399 e. The van der Waals surface area contributed by atoms with E-state index in [1.165, 1.54) is 18.2 Å². The number of carbonyl (C=O) groups excluding carboxylic acids is 1. The number of anilines is 1. The van der Waals surface area contributed by atoms with Gasteiger partial charge in [-0.25, -0.2) is 0 Å². The molecule has 7 nitrogen and oxygen atoms in total. The first kappa shape index (κ1) is 14.3. The fraction of sp³-hybridized carbons (Fsp3) is 0.462. The van der Waals surface area contributed by atoms with Gasteiger partial charge in [0.2, 0.25) is 0 Å². The fourth-order valence-corrected chi connectivity index (χ4v) is 2.23. The number of ether oxygens (including phenoxy) is 1. The zero-order valence-corrected chi connectivity index (χ0v) is 11.2. The highest BCUT2D eigenvalue weighted by Crippen LogP contribution is 2.23. The van der Waals surface area contributed by atoms with Crippen molar-refractivity contribution in [2.24, 2.45) is 0 Å². The Hall–Kier alpha value is -2.15. The number of nitrogens with two attached hydrogens (primary N) is 1. The van der Waals surface area contributed by atoms with Gasteiger partial charge in [0.1, 0.15) is 5.56 Å². The lowest BCUT2D eigenvalue weighted by atomic mass is 10.1. The number of nitrogens with zero attached hydrogens (tertiary/aromatic N) is 2. The lowest BCUT2D eigenvalue weighted by molar-refractivity contribution is -0.385. The van der Waals surface area contributed by atoms with Crippen molar-refractivity contribution < 1.29 is 14.5 Å². The van der Waals surface area contributed by atoms with Gasteiger partial charge in [0.25, 0.3) is 11.6 Å². The highest BCUT2D eigenvalue weighted by atomic mass is 16.6. The first-order valence-electron chi connectivity index (χ1n) is 6.44. The van der Waals surface area contributed by atoms with Gasteiger partial charge in [0.15, 0.2) is 0 Å². The maximum atomic E-state index is 12.5. The number of hydrogen-bond acceptors (Lipinski definition) is 5. The van der Waals surface area contributed by atoms with Crippen molar-refractivity contribution in [3.63, 3.8) is 0 Å². The van der Waals surface area contributed by atoms with Crippen LogP contribution < -0.4 is 5.73 Å². The Kier molecular flexibility index (Phi) is 4.19. The summed E-state index contributed by atoms with van der Waals surface area (Å²) in [5.41, 5.74) is 5.78. The van der Waals surface area contributed by atoms with E-state index in [9.17, 15) is 14.9 Å². The molecule has 1 amide bonds. The molecule has 1 fully saturated rings. The Balaban J connectivity index is 2.32. The van der Waals surface area contributed by atoms with Gasteiger partial charge in [0.05, 0.1) is 11.0 Å². The summed E-state index contributed by atoms with van der Waals surface area (Å²) in [6, 6.07) is 4.04. The van der Waals surface area contributed by atoms with Crippen molar-refractivity contribution in [1.29, 1.82) is 0 Å². The minimum atomic E-state index is -0.565. The number of nitro benzene ring substituents is 1. The van der Waals surface area contributed by atoms with Crippen LogP contribution in [0.1, 0.15) is 23.7 Å². The molecular formula is C13H17N3O4. The van der Waals surface area contributed by atoms with Crippen LogP contribution in [-0.2, 0) is 4.74 Å². The van der Waals surface area contributed by atoms with E-state index in [-0.39, 0.29) is 23.3 Å². The third-order valence-corrected chi connectivity index (χ3v) is 3.19. The van der Waals surface area contributed by atoms with E-state index < -0.39 is 4.92 Å². The molecule has 1 aliphatic rings. The van der Waals surface area contributed by atoms with Crippen LogP contribution in [0, 0.1) is 10.1 Å². The van der Waals surface area contributed by atoms with Crippen LogP contribution in [0.25, 0.3) is 0 Å². The maximum Gasteiger partial charge on any atom is 0.282 e. The zero-order valence-electron chi connectivity index (χ0n) is 11.2. The molecule has 1 aromatic carbocycles. The lowest BCUT2D eigenvalue weighted by Crippen LogP contribution is -2.36. The molecule has 0 bridgehead atoms. The van der Waals surface area contributed by atoms with Gasteiger partial charge in [-0.15, -0.1) is 0 Å². The van der Waals surface area contributed by atoms with E-state index in [1.54, 1.807) is 4.90 Å². The summed E-state index contributed by atoms with van der Waals surface area (Å²) in [7, 11) is 0. The predicted molar refractivity (Wildman–Crippen MR) is 73.4 cm³/mol. The van der Waals surface area contributed by atoms with Gasteiger partial charge in [-0.05, 0) is 25.5 Å². The molecule has 1 heterocycles. The third kappa shape index (κ3) is 3.05. The van der Waals surface area contributed by atoms with Gasteiger partial charge < -0.3 is 15.4 Å². The van der Waals surface area contributed by atoms with Crippen LogP contribution in [-0.4, -0.2) is 41.5 Å². The molecule has 2 N–H and O–H groups in total. The average molecular weight is 279 g/mol. The number of benzene rings is 1. The Morgan fingerprint density at radius 2 is 2.30 bits per heavy atom. The number of amides is 1. The molecule has 1 aliphatic heterocycles. The lowest BCUT2D eigenvalue weighted by Gasteiger charge is -2.22. The van der Waals surface area contributed by atoms with Crippen molar-refractivity contribution in [2.75, 3.05) is 25.4 Å². The Morgan fingerprint density at radius 1 is 1.55 bits per heavy atom. The van der Waals surface area contributed by atoms with E-state index in [2.05, 4.69) is 0 Å². The SMILES string of the molecule is CC1CN(C(=O)c2cc(N)ccc2[N+](=O)[O-])CCCO1. The third-order valence-electron chi connectivity index (χ3n) is 3.19. The molecule has 1 unspecified atom stereocenters. The number of hydrogen-bond donors (Lipinski definition) is 1. The van der Waals surface area contributed by atoms with Crippen LogP contribution in [0.5, 0.6) is 0 Å². The second-order valence-electron chi connectivity index (χ2n) is 4.82. The van der Waals surface area contributed by atoms with Crippen LogP contribution >= 0.6 is 0 Å². The first-order valence-corrected chi connectivity index (χ1v) is 6.44. The van der Waals surface area contributed by atoms with Crippen LogP contribution in [0.4, 0.5) is 11.4 Å². The summed E-state index contributed by atoms with van der Waals surface area (Å²) in [5.74, 6) is -0.374. The fourth-order valence-electron chi connectivity index (χ4n) is 2.23. The second kappa shape index (κ2) is 5.87. The summed E-state index contributed by atoms with van der Waals surface area (Å²) in [5, 5.41) is 11.0. The number of nitrogen functional groups attached to an aromatic ring is 1. The standard InChI is InChI=1S/C13H17N3O4/c1-9-8-15(5-2-6-20-9)13(17)11-7-10(14)3-4-12(11)16(18)19/h3-4,7,9H,2,5-6,8,14H2,1H3. The van der Waals surface area contributed by atoms with Crippen LogP contribution in [0.3, 0.4) is 0 Å². The molecule has 108 valence electrons. The molecule has 2 rings (SSSR count).